The van der Waals surface area contributed by atoms with Crippen molar-refractivity contribution in [1.82, 2.24) is 0 Å². The molecule has 1 fully saturated rings. The predicted octanol–water partition coefficient (Wildman–Crippen LogP) is 5.48. The van der Waals surface area contributed by atoms with Gasteiger partial charge < -0.3 is 30.5 Å². The number of aliphatic hydroxyl groups is 1. The van der Waals surface area contributed by atoms with E-state index in [9.17, 15) is 19.8 Å². The van der Waals surface area contributed by atoms with Gasteiger partial charge >= 0.3 is 12.0 Å². The molecule has 37 heavy (non-hydrogen) atoms. The van der Waals surface area contributed by atoms with Crippen LogP contribution in [0.15, 0.2) is 42.5 Å². The number of hydrogen-bond acceptors (Lipinski definition) is 5. The van der Waals surface area contributed by atoms with E-state index in [-0.39, 0.29) is 31.9 Å². The first-order chi connectivity index (χ1) is 17.1. The van der Waals surface area contributed by atoms with Gasteiger partial charge in [-0.05, 0) is 75.8 Å². The number of hydrogen-bond donors (Lipinski definition) is 4. The number of nitrogens with zero attached hydrogens (tertiary/aromatic N) is 1. The number of carbonyl (C=O) groups is 2. The first kappa shape index (κ1) is 30.5. The quantitative estimate of drug-likeness (QED) is 0.323. The fraction of sp³-hybridized carbons (Fsp3) is 0.500. The summed E-state index contributed by atoms with van der Waals surface area (Å²) in [5.41, 5.74) is 3.02. The average Bonchev–Trinajstić information content (AvgIpc) is 2.82. The topological polar surface area (TPSA) is 111 Å². The SMILES string of the molecule is CC[C@@H](CC(=O)O)c1ccc(N(CC(C)(C)O)C2CCOCC2)c(NC(=O)Nc2ccc(C)cc2)c1.S. The maximum Gasteiger partial charge on any atom is 0.323 e. The Bertz CT molecular complexity index is 1030. The summed E-state index contributed by atoms with van der Waals surface area (Å²) >= 11 is 0. The highest BCUT2D eigenvalue weighted by atomic mass is 32.1. The number of ether oxygens (including phenoxy) is 1. The van der Waals surface area contributed by atoms with Crippen molar-refractivity contribution < 1.29 is 24.5 Å². The number of rotatable bonds is 10. The van der Waals surface area contributed by atoms with Gasteiger partial charge in [0.1, 0.15) is 0 Å². The number of benzene rings is 2. The summed E-state index contributed by atoms with van der Waals surface area (Å²) in [6.45, 7) is 9.13. The highest BCUT2D eigenvalue weighted by molar-refractivity contribution is 7.59. The summed E-state index contributed by atoms with van der Waals surface area (Å²) in [4.78, 5) is 26.6. The van der Waals surface area contributed by atoms with Crippen molar-refractivity contribution in [1.29, 1.82) is 0 Å². The molecule has 0 aliphatic carbocycles. The summed E-state index contributed by atoms with van der Waals surface area (Å²) in [6.07, 6.45) is 2.29. The lowest BCUT2D eigenvalue weighted by Crippen LogP contribution is -2.47. The molecule has 204 valence electrons. The zero-order chi connectivity index (χ0) is 26.3. The second-order valence-corrected chi connectivity index (χ2v) is 10.2. The van der Waals surface area contributed by atoms with E-state index in [1.165, 1.54) is 0 Å². The lowest BCUT2D eigenvalue weighted by Gasteiger charge is -2.40. The first-order valence-electron chi connectivity index (χ1n) is 12.6. The van der Waals surface area contributed by atoms with E-state index in [1.54, 1.807) is 13.8 Å². The van der Waals surface area contributed by atoms with Crippen LogP contribution in [0.5, 0.6) is 0 Å². The van der Waals surface area contributed by atoms with Crippen LogP contribution in [0.4, 0.5) is 21.9 Å². The monoisotopic (exact) mass is 531 g/mol. The second kappa shape index (κ2) is 13.7. The molecule has 0 aromatic heterocycles. The van der Waals surface area contributed by atoms with Crippen LogP contribution < -0.4 is 15.5 Å². The normalized spacial score (nSPS) is 14.8. The van der Waals surface area contributed by atoms with Crippen molar-refractivity contribution in [2.24, 2.45) is 0 Å². The Morgan fingerprint density at radius 2 is 1.76 bits per heavy atom. The largest absolute Gasteiger partial charge is 0.481 e. The summed E-state index contributed by atoms with van der Waals surface area (Å²) in [5.74, 6) is -1.04. The molecule has 2 aromatic carbocycles. The minimum atomic E-state index is -0.965. The third kappa shape index (κ3) is 9.25. The summed E-state index contributed by atoms with van der Waals surface area (Å²) in [7, 11) is 0. The Hall–Kier alpha value is -2.75. The molecular weight excluding hydrogens is 490 g/mol. The van der Waals surface area contributed by atoms with Crippen LogP contribution in [0.25, 0.3) is 0 Å². The van der Waals surface area contributed by atoms with E-state index in [0.29, 0.717) is 37.6 Å². The predicted molar refractivity (Wildman–Crippen MR) is 153 cm³/mol. The summed E-state index contributed by atoms with van der Waals surface area (Å²) in [5, 5.41) is 26.0. The molecule has 1 heterocycles. The van der Waals surface area contributed by atoms with Gasteiger partial charge in [0, 0.05) is 31.5 Å². The highest BCUT2D eigenvalue weighted by Gasteiger charge is 2.29. The zero-order valence-electron chi connectivity index (χ0n) is 22.2. The van der Waals surface area contributed by atoms with Crippen LogP contribution in [0.1, 0.15) is 63.5 Å². The second-order valence-electron chi connectivity index (χ2n) is 10.2. The molecule has 9 heteroatoms. The van der Waals surface area contributed by atoms with Crippen molar-refractivity contribution in [3.05, 3.63) is 53.6 Å². The molecule has 2 aromatic rings. The molecule has 3 rings (SSSR count). The van der Waals surface area contributed by atoms with E-state index in [0.717, 1.165) is 29.7 Å². The van der Waals surface area contributed by atoms with Gasteiger partial charge in [-0.1, -0.05) is 30.7 Å². The van der Waals surface area contributed by atoms with Crippen molar-refractivity contribution in [3.8, 4) is 0 Å². The van der Waals surface area contributed by atoms with Crippen LogP contribution in [0.3, 0.4) is 0 Å². The highest BCUT2D eigenvalue weighted by Crippen LogP contribution is 2.36. The number of aryl methyl sites for hydroxylation is 1. The number of carbonyl (C=O) groups excluding carboxylic acids is 1. The van der Waals surface area contributed by atoms with Gasteiger partial charge in [0.15, 0.2) is 0 Å². The molecule has 4 N–H and O–H groups in total. The van der Waals surface area contributed by atoms with Gasteiger partial charge in [0.2, 0.25) is 0 Å². The van der Waals surface area contributed by atoms with Gasteiger partial charge in [-0.3, -0.25) is 4.79 Å². The fourth-order valence-electron chi connectivity index (χ4n) is 4.61. The van der Waals surface area contributed by atoms with Crippen molar-refractivity contribution >= 4 is 42.6 Å². The lowest BCUT2D eigenvalue weighted by atomic mass is 9.92. The fourth-order valence-corrected chi connectivity index (χ4v) is 4.61. The van der Waals surface area contributed by atoms with E-state index >= 15 is 0 Å². The number of urea groups is 1. The Labute approximate surface area is 226 Å². The van der Waals surface area contributed by atoms with E-state index in [1.807, 2.05) is 56.3 Å². The molecule has 1 saturated heterocycles. The summed E-state index contributed by atoms with van der Waals surface area (Å²) in [6, 6.07) is 13.0. The van der Waals surface area contributed by atoms with Crippen molar-refractivity contribution in [3.63, 3.8) is 0 Å². The van der Waals surface area contributed by atoms with Gasteiger partial charge in [0.25, 0.3) is 0 Å². The smallest absolute Gasteiger partial charge is 0.323 e. The first-order valence-corrected chi connectivity index (χ1v) is 12.6. The van der Waals surface area contributed by atoms with Crippen LogP contribution >= 0.6 is 13.5 Å². The number of carboxylic acid groups (broad SMARTS) is 1. The number of aliphatic carboxylic acids is 1. The average molecular weight is 532 g/mol. The van der Waals surface area contributed by atoms with E-state index < -0.39 is 17.6 Å². The Kier molecular flexibility index (Phi) is 11.3. The third-order valence-electron chi connectivity index (χ3n) is 6.46. The van der Waals surface area contributed by atoms with Crippen LogP contribution in [-0.2, 0) is 9.53 Å². The molecule has 1 aliphatic heterocycles. The minimum absolute atomic E-state index is 0. The van der Waals surface area contributed by atoms with E-state index in [4.69, 9.17) is 4.74 Å². The molecule has 0 bridgehead atoms. The van der Waals surface area contributed by atoms with Crippen molar-refractivity contribution in [2.75, 3.05) is 35.3 Å². The third-order valence-corrected chi connectivity index (χ3v) is 6.46. The van der Waals surface area contributed by atoms with Crippen LogP contribution in [0, 0.1) is 6.92 Å². The van der Waals surface area contributed by atoms with Gasteiger partial charge in [-0.15, -0.1) is 0 Å². The van der Waals surface area contributed by atoms with Crippen LogP contribution in [-0.4, -0.2) is 53.6 Å². The Morgan fingerprint density at radius 1 is 1.11 bits per heavy atom. The Balaban J connectivity index is 0.00000481. The van der Waals surface area contributed by atoms with E-state index in [2.05, 4.69) is 15.5 Å². The van der Waals surface area contributed by atoms with Crippen molar-refractivity contribution in [2.45, 2.75) is 70.9 Å². The molecule has 0 unspecified atom stereocenters. The number of nitrogens with one attached hydrogen (secondary N) is 2. The molecule has 0 spiro atoms. The molecule has 1 atom stereocenters. The number of amides is 2. The number of carboxylic acids is 1. The molecular formula is C28H41N3O5S. The minimum Gasteiger partial charge on any atom is -0.481 e. The zero-order valence-corrected chi connectivity index (χ0v) is 23.2. The van der Waals surface area contributed by atoms with Gasteiger partial charge in [0.05, 0.1) is 23.4 Å². The van der Waals surface area contributed by atoms with Gasteiger partial charge in [-0.25, -0.2) is 4.79 Å². The maximum atomic E-state index is 13.0. The molecule has 2 amide bonds. The standard InChI is InChI=1S/C28H39N3O5.H2S/c1-5-20(17-26(32)33)21-8-11-25(31(18-28(3,4)35)23-12-14-36-15-13-23)24(16-21)30-27(34)29-22-9-6-19(2)7-10-22;/h6-11,16,20,23,35H,5,12-15,17-18H2,1-4H3,(H,32,33)(H2,29,30,34);1H2/t20-;/m0./s1. The molecule has 1 aliphatic rings. The van der Waals surface area contributed by atoms with Gasteiger partial charge in [-0.2, -0.15) is 13.5 Å². The Morgan fingerprint density at radius 3 is 2.32 bits per heavy atom. The molecule has 0 saturated carbocycles. The number of anilines is 3. The molecule has 0 radical (unpaired) electrons. The molecule has 8 nitrogen and oxygen atoms in total. The van der Waals surface area contributed by atoms with Crippen LogP contribution in [0.2, 0.25) is 0 Å². The summed E-state index contributed by atoms with van der Waals surface area (Å²) < 4.78 is 5.56. The lowest BCUT2D eigenvalue weighted by molar-refractivity contribution is -0.137. The maximum absolute atomic E-state index is 13.0.